The molecule has 6 nitrogen and oxygen atoms in total. The van der Waals surface area contributed by atoms with Gasteiger partial charge in [-0.05, 0) is 69.1 Å². The van der Waals surface area contributed by atoms with Crippen LogP contribution in [-0.2, 0) is 17.0 Å². The van der Waals surface area contributed by atoms with E-state index in [1.807, 2.05) is 36.4 Å². The Balaban J connectivity index is 1.52. The molecule has 4 rings (SSSR count). The Bertz CT molecular complexity index is 1340. The van der Waals surface area contributed by atoms with Crippen LogP contribution in [0.25, 0.3) is 0 Å². The van der Waals surface area contributed by atoms with Crippen LogP contribution in [0.2, 0.25) is 5.02 Å². The zero-order valence-corrected chi connectivity index (χ0v) is 22.8. The van der Waals surface area contributed by atoms with E-state index < -0.39 is 11.5 Å². The minimum atomic E-state index is -1.93. The smallest absolute Gasteiger partial charge is 0.281 e. The molecular weight excluding hydrogens is 603 g/mol. The van der Waals surface area contributed by atoms with Gasteiger partial charge in [0.2, 0.25) is 0 Å². The number of aliphatic hydroxyl groups is 1. The van der Waals surface area contributed by atoms with Crippen LogP contribution in [-0.4, -0.2) is 24.3 Å². The molecule has 2 N–H and O–H groups in total. The van der Waals surface area contributed by atoms with Gasteiger partial charge in [0.25, 0.3) is 5.91 Å². The van der Waals surface area contributed by atoms with E-state index in [0.29, 0.717) is 39.8 Å². The van der Waals surface area contributed by atoms with E-state index in [0.717, 1.165) is 9.13 Å². The van der Waals surface area contributed by atoms with Gasteiger partial charge in [0, 0.05) is 3.57 Å². The predicted octanol–water partition coefficient (Wildman–Crippen LogP) is 5.92. The number of carbonyl (C=O) groups excluding carboxylic acids is 1. The van der Waals surface area contributed by atoms with Crippen molar-refractivity contribution in [1.82, 2.24) is 5.43 Å². The zero-order chi connectivity index (χ0) is 26.3. The number of benzene rings is 4. The van der Waals surface area contributed by atoms with Gasteiger partial charge in [-0.15, -0.1) is 0 Å². The molecule has 0 aliphatic rings. The summed E-state index contributed by atoms with van der Waals surface area (Å²) >= 11 is 8.73. The summed E-state index contributed by atoms with van der Waals surface area (Å²) in [5.74, 6) is 0.138. The van der Waals surface area contributed by atoms with Crippen molar-refractivity contribution in [3.8, 4) is 11.5 Å². The molecule has 188 valence electrons. The van der Waals surface area contributed by atoms with Crippen LogP contribution in [0.4, 0.5) is 0 Å². The van der Waals surface area contributed by atoms with Crippen LogP contribution in [0.15, 0.2) is 102 Å². The Kier molecular flexibility index (Phi) is 8.81. The number of ether oxygens (including phenoxy) is 2. The van der Waals surface area contributed by atoms with Gasteiger partial charge < -0.3 is 14.6 Å². The van der Waals surface area contributed by atoms with Gasteiger partial charge in [-0.25, -0.2) is 5.43 Å². The molecule has 0 unspecified atom stereocenters. The number of nitrogens with zero attached hydrogens (tertiary/aromatic N) is 1. The fourth-order valence-corrected chi connectivity index (χ4v) is 4.36. The second kappa shape index (κ2) is 12.2. The van der Waals surface area contributed by atoms with Gasteiger partial charge in [-0.3, -0.25) is 4.79 Å². The van der Waals surface area contributed by atoms with Gasteiger partial charge in [0.15, 0.2) is 17.1 Å². The molecule has 0 fully saturated rings. The number of rotatable bonds is 9. The predicted molar refractivity (Wildman–Crippen MR) is 153 cm³/mol. The highest BCUT2D eigenvalue weighted by atomic mass is 127. The molecule has 0 saturated carbocycles. The summed E-state index contributed by atoms with van der Waals surface area (Å²) in [7, 11) is 1.52. The Labute approximate surface area is 234 Å². The Morgan fingerprint density at radius 1 is 1.00 bits per heavy atom. The van der Waals surface area contributed by atoms with Gasteiger partial charge in [0.05, 0.1) is 18.3 Å². The van der Waals surface area contributed by atoms with E-state index in [-0.39, 0.29) is 0 Å². The lowest BCUT2D eigenvalue weighted by Crippen LogP contribution is -2.43. The van der Waals surface area contributed by atoms with Crippen LogP contribution < -0.4 is 14.9 Å². The lowest BCUT2D eigenvalue weighted by Gasteiger charge is -2.27. The monoisotopic (exact) mass is 626 g/mol. The summed E-state index contributed by atoms with van der Waals surface area (Å²) in [6, 6.07) is 28.8. The minimum Gasteiger partial charge on any atom is -0.493 e. The molecule has 0 aliphatic carbocycles. The minimum absolute atomic E-state index is 0.327. The van der Waals surface area contributed by atoms with Crippen molar-refractivity contribution in [3.05, 3.63) is 128 Å². The number of hydrogen-bond donors (Lipinski definition) is 2. The molecule has 8 heteroatoms. The normalized spacial score (nSPS) is 11.4. The Hall–Kier alpha value is -3.40. The molecule has 0 bridgehead atoms. The molecule has 0 atom stereocenters. The second-order valence-electron chi connectivity index (χ2n) is 8.09. The molecule has 0 aromatic heterocycles. The van der Waals surface area contributed by atoms with Crippen LogP contribution >= 0.6 is 34.2 Å². The third-order valence-corrected chi connectivity index (χ3v) is 6.64. The maximum absolute atomic E-state index is 13.2. The average Bonchev–Trinajstić information content (AvgIpc) is 2.93. The molecule has 4 aromatic rings. The highest BCUT2D eigenvalue weighted by molar-refractivity contribution is 14.1. The molecule has 4 aromatic carbocycles. The molecule has 0 aliphatic heterocycles. The van der Waals surface area contributed by atoms with Crippen molar-refractivity contribution in [2.24, 2.45) is 5.10 Å². The number of nitrogens with one attached hydrogen (secondary N) is 1. The van der Waals surface area contributed by atoms with Crippen molar-refractivity contribution in [2.75, 3.05) is 7.11 Å². The third kappa shape index (κ3) is 6.30. The van der Waals surface area contributed by atoms with Crippen molar-refractivity contribution in [2.45, 2.75) is 12.2 Å². The largest absolute Gasteiger partial charge is 0.493 e. The molecule has 0 spiro atoms. The van der Waals surface area contributed by atoms with Crippen LogP contribution in [0, 0.1) is 3.57 Å². The second-order valence-corrected chi connectivity index (χ2v) is 9.74. The van der Waals surface area contributed by atoms with Crippen molar-refractivity contribution < 1.29 is 19.4 Å². The molecule has 1 amide bonds. The maximum Gasteiger partial charge on any atom is 0.281 e. The van der Waals surface area contributed by atoms with Crippen LogP contribution in [0.3, 0.4) is 0 Å². The summed E-state index contributed by atoms with van der Waals surface area (Å²) in [6.45, 7) is 0.327. The summed E-state index contributed by atoms with van der Waals surface area (Å²) in [5.41, 5.74) is 2.95. The first-order valence-corrected chi connectivity index (χ1v) is 12.8. The highest BCUT2D eigenvalue weighted by Gasteiger charge is 2.39. The standard InChI is InChI=1S/C29H24ClIN2O4/c1-36-26-17-21(16-25(30)27(26)37-19-20-12-14-24(31)15-13-20)18-32-33-28(34)29(35,22-8-4-2-5-9-22)23-10-6-3-7-11-23/h2-18,35H,19H2,1H3,(H,33,34)/b32-18-. The number of hydrogen-bond acceptors (Lipinski definition) is 5. The average molecular weight is 627 g/mol. The summed E-state index contributed by atoms with van der Waals surface area (Å²) in [5, 5.41) is 15.9. The molecule has 37 heavy (non-hydrogen) atoms. The summed E-state index contributed by atoms with van der Waals surface area (Å²) < 4.78 is 12.5. The lowest BCUT2D eigenvalue weighted by molar-refractivity contribution is -0.136. The van der Waals surface area contributed by atoms with Gasteiger partial charge in [-0.1, -0.05) is 84.4 Å². The first-order chi connectivity index (χ1) is 17.9. The number of carbonyl (C=O) groups is 1. The van der Waals surface area contributed by atoms with Gasteiger partial charge >= 0.3 is 0 Å². The van der Waals surface area contributed by atoms with Crippen molar-refractivity contribution in [3.63, 3.8) is 0 Å². The lowest BCUT2D eigenvalue weighted by atomic mass is 9.85. The Morgan fingerprint density at radius 3 is 2.16 bits per heavy atom. The topological polar surface area (TPSA) is 80.2 Å². The van der Waals surface area contributed by atoms with Gasteiger partial charge in [0.1, 0.15) is 6.61 Å². The fourth-order valence-electron chi connectivity index (χ4n) is 3.72. The number of hydrazone groups is 1. The van der Waals surface area contributed by atoms with E-state index in [1.54, 1.807) is 60.7 Å². The van der Waals surface area contributed by atoms with Crippen molar-refractivity contribution >= 4 is 46.3 Å². The SMILES string of the molecule is COc1cc(/C=N\NC(=O)C(O)(c2ccccc2)c2ccccc2)cc(Cl)c1OCc1ccc(I)cc1. The number of halogens is 2. The maximum atomic E-state index is 13.2. The van der Waals surface area contributed by atoms with Crippen LogP contribution in [0.1, 0.15) is 22.3 Å². The molecule has 0 heterocycles. The molecule has 0 radical (unpaired) electrons. The Morgan fingerprint density at radius 2 is 1.59 bits per heavy atom. The van der Waals surface area contributed by atoms with E-state index in [1.165, 1.54) is 13.3 Å². The molecular formula is C29H24ClIN2O4. The molecule has 0 saturated heterocycles. The first-order valence-electron chi connectivity index (χ1n) is 11.3. The zero-order valence-electron chi connectivity index (χ0n) is 19.9. The number of methoxy groups -OCH3 is 1. The number of amides is 1. The van der Waals surface area contributed by atoms with Crippen LogP contribution in [0.5, 0.6) is 11.5 Å². The highest BCUT2D eigenvalue weighted by Crippen LogP contribution is 2.36. The van der Waals surface area contributed by atoms with E-state index in [4.69, 9.17) is 21.1 Å². The van der Waals surface area contributed by atoms with E-state index >= 15 is 0 Å². The summed E-state index contributed by atoms with van der Waals surface area (Å²) in [6.07, 6.45) is 1.42. The quantitative estimate of drug-likeness (QED) is 0.137. The summed E-state index contributed by atoms with van der Waals surface area (Å²) in [4.78, 5) is 13.2. The fraction of sp³-hybridized carbons (Fsp3) is 0.103. The first kappa shape index (κ1) is 26.7. The van der Waals surface area contributed by atoms with Gasteiger partial charge in [-0.2, -0.15) is 5.10 Å². The van der Waals surface area contributed by atoms with E-state index in [2.05, 4.69) is 33.1 Å². The third-order valence-electron chi connectivity index (χ3n) is 5.64. The van der Waals surface area contributed by atoms with E-state index in [9.17, 15) is 9.90 Å². The van der Waals surface area contributed by atoms with Crippen molar-refractivity contribution in [1.29, 1.82) is 0 Å².